The Bertz CT molecular complexity index is 521. The van der Waals surface area contributed by atoms with Gasteiger partial charge < -0.3 is 10.1 Å². The number of methoxy groups -OCH3 is 1. The first kappa shape index (κ1) is 12.6. The molecule has 0 fully saturated rings. The van der Waals surface area contributed by atoms with E-state index >= 15 is 0 Å². The molecule has 0 amide bonds. The number of ether oxygens (including phenoxy) is 1. The van der Waals surface area contributed by atoms with Crippen LogP contribution < -0.4 is 10.1 Å². The number of halogens is 1. The van der Waals surface area contributed by atoms with E-state index in [1.807, 2.05) is 19.1 Å². The van der Waals surface area contributed by atoms with E-state index < -0.39 is 0 Å². The molecule has 2 aromatic rings. The quantitative estimate of drug-likeness (QED) is 0.920. The molecule has 6 heteroatoms. The van der Waals surface area contributed by atoms with Crippen molar-refractivity contribution in [2.75, 3.05) is 12.4 Å². The first-order valence-electron chi connectivity index (χ1n) is 5.43. The molecule has 2 aromatic heterocycles. The van der Waals surface area contributed by atoms with Crippen LogP contribution in [0.25, 0.3) is 0 Å². The Morgan fingerprint density at radius 1 is 1.33 bits per heavy atom. The van der Waals surface area contributed by atoms with Crippen LogP contribution in [-0.2, 0) is 0 Å². The molecule has 0 aromatic carbocycles. The van der Waals surface area contributed by atoms with E-state index in [0.717, 1.165) is 5.56 Å². The first-order chi connectivity index (χ1) is 8.70. The Morgan fingerprint density at radius 2 is 2.06 bits per heavy atom. The van der Waals surface area contributed by atoms with Gasteiger partial charge in [-0.3, -0.25) is 4.98 Å². The third kappa shape index (κ3) is 2.87. The van der Waals surface area contributed by atoms with E-state index in [1.165, 1.54) is 13.3 Å². The van der Waals surface area contributed by atoms with Gasteiger partial charge in [0, 0.05) is 12.4 Å². The predicted molar refractivity (Wildman–Crippen MR) is 69.9 cm³/mol. The molecule has 18 heavy (non-hydrogen) atoms. The van der Waals surface area contributed by atoms with Gasteiger partial charge in [-0.05, 0) is 24.6 Å². The maximum absolute atomic E-state index is 6.03. The van der Waals surface area contributed by atoms with Gasteiger partial charge >= 0.3 is 6.01 Å². The van der Waals surface area contributed by atoms with E-state index in [9.17, 15) is 0 Å². The Balaban J connectivity index is 2.18. The Hall–Kier alpha value is -1.88. The summed E-state index contributed by atoms with van der Waals surface area (Å²) in [7, 11) is 1.51. The minimum Gasteiger partial charge on any atom is -0.467 e. The molecule has 0 aliphatic heterocycles. The predicted octanol–water partition coefficient (Wildman–Crippen LogP) is 2.71. The Morgan fingerprint density at radius 3 is 2.72 bits per heavy atom. The lowest BCUT2D eigenvalue weighted by atomic mass is 10.1. The summed E-state index contributed by atoms with van der Waals surface area (Å²) in [6, 6.07) is 4.21. The Kier molecular flexibility index (Phi) is 3.94. The molecule has 1 N–H and O–H groups in total. The number of aromatic nitrogens is 3. The van der Waals surface area contributed by atoms with Crippen LogP contribution in [0.3, 0.4) is 0 Å². The third-order valence-corrected chi connectivity index (χ3v) is 2.74. The molecule has 2 heterocycles. The van der Waals surface area contributed by atoms with Gasteiger partial charge in [-0.25, -0.2) is 4.98 Å². The maximum atomic E-state index is 6.03. The molecule has 94 valence electrons. The molecule has 1 atom stereocenters. The zero-order valence-corrected chi connectivity index (χ0v) is 10.8. The molecular weight excluding hydrogens is 252 g/mol. The number of nitrogens with zero attached hydrogens (tertiary/aromatic N) is 3. The van der Waals surface area contributed by atoms with Gasteiger partial charge in [-0.1, -0.05) is 11.6 Å². The van der Waals surface area contributed by atoms with Gasteiger partial charge in [0.1, 0.15) is 5.02 Å². The highest BCUT2D eigenvalue weighted by atomic mass is 35.5. The lowest BCUT2D eigenvalue weighted by Gasteiger charge is -2.15. The highest BCUT2D eigenvalue weighted by Crippen LogP contribution is 2.24. The maximum Gasteiger partial charge on any atom is 0.318 e. The van der Waals surface area contributed by atoms with E-state index in [-0.39, 0.29) is 12.1 Å². The zero-order valence-electron chi connectivity index (χ0n) is 10.1. The van der Waals surface area contributed by atoms with E-state index in [2.05, 4.69) is 20.3 Å². The van der Waals surface area contributed by atoms with Gasteiger partial charge in [0.25, 0.3) is 0 Å². The SMILES string of the molecule is COc1ncc(Cl)c(N[C@H](C)c2ccncc2)n1. The summed E-state index contributed by atoms with van der Waals surface area (Å²) in [5.41, 5.74) is 1.10. The van der Waals surface area contributed by atoms with Crippen molar-refractivity contribution in [3.05, 3.63) is 41.3 Å². The molecule has 0 saturated carbocycles. The summed E-state index contributed by atoms with van der Waals surface area (Å²) in [6.07, 6.45) is 5.00. The molecule has 0 spiro atoms. The van der Waals surface area contributed by atoms with Crippen molar-refractivity contribution in [2.24, 2.45) is 0 Å². The highest BCUT2D eigenvalue weighted by Gasteiger charge is 2.10. The number of hydrogen-bond acceptors (Lipinski definition) is 5. The second-order valence-corrected chi connectivity index (χ2v) is 4.11. The van der Waals surface area contributed by atoms with Crippen LogP contribution in [0.4, 0.5) is 5.82 Å². The van der Waals surface area contributed by atoms with Crippen LogP contribution in [0.1, 0.15) is 18.5 Å². The largest absolute Gasteiger partial charge is 0.467 e. The molecule has 0 aliphatic rings. The average Bonchev–Trinajstić information content (AvgIpc) is 2.42. The lowest BCUT2D eigenvalue weighted by Crippen LogP contribution is -2.09. The van der Waals surface area contributed by atoms with Gasteiger partial charge in [0.2, 0.25) is 0 Å². The smallest absolute Gasteiger partial charge is 0.318 e. The summed E-state index contributed by atoms with van der Waals surface area (Å²) >= 11 is 6.03. The molecular formula is C12H13ClN4O. The van der Waals surface area contributed by atoms with Crippen LogP contribution in [-0.4, -0.2) is 22.1 Å². The topological polar surface area (TPSA) is 59.9 Å². The third-order valence-electron chi connectivity index (χ3n) is 2.46. The van der Waals surface area contributed by atoms with E-state index in [0.29, 0.717) is 10.8 Å². The van der Waals surface area contributed by atoms with Crippen molar-refractivity contribution in [3.63, 3.8) is 0 Å². The molecule has 0 radical (unpaired) electrons. The molecule has 5 nitrogen and oxygen atoms in total. The van der Waals surface area contributed by atoms with E-state index in [1.54, 1.807) is 12.4 Å². The van der Waals surface area contributed by atoms with Crippen LogP contribution >= 0.6 is 11.6 Å². The number of hydrogen-bond donors (Lipinski definition) is 1. The number of pyridine rings is 1. The van der Waals surface area contributed by atoms with Gasteiger partial charge in [0.05, 0.1) is 19.3 Å². The normalized spacial score (nSPS) is 11.9. The second kappa shape index (κ2) is 5.64. The van der Waals surface area contributed by atoms with Crippen LogP contribution in [0.2, 0.25) is 5.02 Å². The molecule has 0 saturated heterocycles. The summed E-state index contributed by atoms with van der Waals surface area (Å²) in [5, 5.41) is 3.67. The Labute approximate surface area is 110 Å². The minimum absolute atomic E-state index is 0.0603. The van der Waals surface area contributed by atoms with Crippen molar-refractivity contribution in [1.29, 1.82) is 0 Å². The number of rotatable bonds is 4. The molecule has 0 unspecified atom stereocenters. The van der Waals surface area contributed by atoms with Crippen molar-refractivity contribution in [2.45, 2.75) is 13.0 Å². The lowest BCUT2D eigenvalue weighted by molar-refractivity contribution is 0.380. The van der Waals surface area contributed by atoms with Crippen molar-refractivity contribution in [3.8, 4) is 6.01 Å². The van der Waals surface area contributed by atoms with Gasteiger partial charge in [-0.2, -0.15) is 4.98 Å². The van der Waals surface area contributed by atoms with Gasteiger partial charge in [0.15, 0.2) is 5.82 Å². The van der Waals surface area contributed by atoms with E-state index in [4.69, 9.17) is 16.3 Å². The zero-order chi connectivity index (χ0) is 13.0. The van der Waals surface area contributed by atoms with Crippen LogP contribution in [0.15, 0.2) is 30.7 Å². The van der Waals surface area contributed by atoms with Gasteiger partial charge in [-0.15, -0.1) is 0 Å². The first-order valence-corrected chi connectivity index (χ1v) is 5.81. The summed E-state index contributed by atoms with van der Waals surface area (Å²) in [6.45, 7) is 2.01. The fourth-order valence-corrected chi connectivity index (χ4v) is 1.64. The summed E-state index contributed by atoms with van der Waals surface area (Å²) < 4.78 is 4.97. The highest BCUT2D eigenvalue weighted by molar-refractivity contribution is 6.32. The van der Waals surface area contributed by atoms with Crippen LogP contribution in [0, 0.1) is 0 Å². The standard InChI is InChI=1S/C12H13ClN4O/c1-8(9-3-5-14-6-4-9)16-11-10(13)7-15-12(17-11)18-2/h3-8H,1-2H3,(H,15,16,17)/t8-/m1/s1. The molecule has 0 bridgehead atoms. The van der Waals surface area contributed by atoms with Crippen molar-refractivity contribution < 1.29 is 4.74 Å². The number of anilines is 1. The number of nitrogens with one attached hydrogen (secondary N) is 1. The fraction of sp³-hybridized carbons (Fsp3) is 0.250. The monoisotopic (exact) mass is 264 g/mol. The molecule has 0 aliphatic carbocycles. The molecule has 2 rings (SSSR count). The van der Waals surface area contributed by atoms with Crippen molar-refractivity contribution in [1.82, 2.24) is 15.0 Å². The summed E-state index contributed by atoms with van der Waals surface area (Å²) in [4.78, 5) is 12.1. The van der Waals surface area contributed by atoms with Crippen LogP contribution in [0.5, 0.6) is 6.01 Å². The summed E-state index contributed by atoms with van der Waals surface area (Å²) in [5.74, 6) is 0.549. The average molecular weight is 265 g/mol. The second-order valence-electron chi connectivity index (χ2n) is 3.70. The van der Waals surface area contributed by atoms with Crippen molar-refractivity contribution >= 4 is 17.4 Å². The fourth-order valence-electron chi connectivity index (χ4n) is 1.49. The minimum atomic E-state index is 0.0603.